The molecule has 0 aliphatic heterocycles. The van der Waals surface area contributed by atoms with E-state index in [9.17, 15) is 4.79 Å². The predicted octanol–water partition coefficient (Wildman–Crippen LogP) is 3.67. The first kappa shape index (κ1) is 14.4. The van der Waals surface area contributed by atoms with E-state index in [1.165, 1.54) is 0 Å². The molecule has 1 amide bonds. The van der Waals surface area contributed by atoms with Gasteiger partial charge in [0.1, 0.15) is 12.4 Å². The Kier molecular flexibility index (Phi) is 5.02. The summed E-state index contributed by atoms with van der Waals surface area (Å²) < 4.78 is 5.68. The fourth-order valence-corrected chi connectivity index (χ4v) is 1.86. The normalized spacial score (nSPS) is 10.1. The van der Waals surface area contributed by atoms with Gasteiger partial charge >= 0.3 is 0 Å². The number of carbonyl (C=O) groups excluding carboxylic acids is 1. The lowest BCUT2D eigenvalue weighted by molar-refractivity contribution is 0.0955. The van der Waals surface area contributed by atoms with E-state index in [2.05, 4.69) is 5.32 Å². The Balaban J connectivity index is 2.01. The van der Waals surface area contributed by atoms with Crippen molar-refractivity contribution >= 4 is 17.5 Å². The molecule has 1 N–H and O–H groups in total. The Morgan fingerprint density at radius 1 is 1.20 bits per heavy atom. The molecule has 20 heavy (non-hydrogen) atoms. The summed E-state index contributed by atoms with van der Waals surface area (Å²) in [5, 5.41) is 3.46. The average molecular weight is 290 g/mol. The summed E-state index contributed by atoms with van der Waals surface area (Å²) in [4.78, 5) is 11.7. The van der Waals surface area contributed by atoms with Gasteiger partial charge in [0.2, 0.25) is 0 Å². The molecule has 0 saturated carbocycles. The summed E-state index contributed by atoms with van der Waals surface area (Å²) in [6, 6.07) is 14.6. The Morgan fingerprint density at radius 2 is 1.95 bits per heavy atom. The minimum Gasteiger partial charge on any atom is -0.489 e. The molecule has 0 heterocycles. The molecular weight excluding hydrogens is 274 g/mol. The van der Waals surface area contributed by atoms with Gasteiger partial charge in [0, 0.05) is 17.1 Å². The van der Waals surface area contributed by atoms with Gasteiger partial charge < -0.3 is 10.1 Å². The minimum atomic E-state index is -0.0931. The maximum absolute atomic E-state index is 11.7. The molecule has 0 radical (unpaired) electrons. The number of rotatable bonds is 5. The molecule has 0 unspecified atom stereocenters. The van der Waals surface area contributed by atoms with Crippen LogP contribution >= 0.6 is 11.6 Å². The molecule has 0 spiro atoms. The number of nitrogens with one attached hydrogen (secondary N) is 1. The van der Waals surface area contributed by atoms with Crippen LogP contribution in [-0.2, 0) is 6.61 Å². The predicted molar refractivity (Wildman–Crippen MR) is 80.2 cm³/mol. The summed E-state index contributed by atoms with van der Waals surface area (Å²) in [5.74, 6) is 0.577. The Bertz CT molecular complexity index is 581. The third-order valence-electron chi connectivity index (χ3n) is 2.75. The number of halogens is 1. The van der Waals surface area contributed by atoms with Gasteiger partial charge in [-0.2, -0.15) is 0 Å². The van der Waals surface area contributed by atoms with E-state index in [4.69, 9.17) is 16.3 Å². The van der Waals surface area contributed by atoms with Crippen LogP contribution in [0.15, 0.2) is 48.5 Å². The number of benzene rings is 2. The molecule has 4 heteroatoms. The van der Waals surface area contributed by atoms with Gasteiger partial charge in [-0.15, -0.1) is 0 Å². The summed E-state index contributed by atoms with van der Waals surface area (Å²) in [7, 11) is 0. The van der Waals surface area contributed by atoms with Crippen LogP contribution in [0.3, 0.4) is 0 Å². The van der Waals surface area contributed by atoms with Crippen LogP contribution in [0.1, 0.15) is 22.8 Å². The second kappa shape index (κ2) is 6.96. The molecule has 2 rings (SSSR count). The van der Waals surface area contributed by atoms with E-state index in [-0.39, 0.29) is 5.91 Å². The molecule has 3 nitrogen and oxygen atoms in total. The van der Waals surface area contributed by atoms with Crippen LogP contribution in [-0.4, -0.2) is 12.5 Å². The van der Waals surface area contributed by atoms with E-state index in [1.807, 2.05) is 43.3 Å². The first-order chi connectivity index (χ1) is 9.69. The van der Waals surface area contributed by atoms with Gasteiger partial charge in [0.05, 0.1) is 0 Å². The highest BCUT2D eigenvalue weighted by Gasteiger charge is 2.05. The quantitative estimate of drug-likeness (QED) is 0.912. The number of ether oxygens (including phenoxy) is 1. The van der Waals surface area contributed by atoms with Crippen LogP contribution in [0.2, 0.25) is 5.02 Å². The second-order valence-corrected chi connectivity index (χ2v) is 4.74. The topological polar surface area (TPSA) is 38.3 Å². The molecule has 2 aromatic carbocycles. The lowest BCUT2D eigenvalue weighted by atomic mass is 10.2. The van der Waals surface area contributed by atoms with E-state index < -0.39 is 0 Å². The smallest absolute Gasteiger partial charge is 0.251 e. The molecule has 104 valence electrons. The van der Waals surface area contributed by atoms with Crippen LogP contribution in [0.4, 0.5) is 0 Å². The molecular formula is C16H16ClNO2. The number of carbonyl (C=O) groups is 1. The van der Waals surface area contributed by atoms with Crippen molar-refractivity contribution in [1.82, 2.24) is 5.32 Å². The summed E-state index contributed by atoms with van der Waals surface area (Å²) >= 11 is 5.83. The fraction of sp³-hybridized carbons (Fsp3) is 0.188. The molecule has 0 aliphatic carbocycles. The van der Waals surface area contributed by atoms with Crippen LogP contribution < -0.4 is 10.1 Å². The Morgan fingerprint density at radius 3 is 2.65 bits per heavy atom. The standard InChI is InChI=1S/C16H16ClNO2/c1-2-18-16(19)13-4-3-5-15(10-13)20-11-12-6-8-14(17)9-7-12/h3-10H,2,11H2,1H3,(H,18,19). The van der Waals surface area contributed by atoms with Crippen LogP contribution in [0, 0.1) is 0 Å². The Hall–Kier alpha value is -2.00. The van der Waals surface area contributed by atoms with E-state index >= 15 is 0 Å². The van der Waals surface area contributed by atoms with Gasteiger partial charge in [-0.05, 0) is 42.8 Å². The molecule has 0 atom stereocenters. The zero-order chi connectivity index (χ0) is 14.4. The molecule has 0 bridgehead atoms. The molecule has 0 saturated heterocycles. The average Bonchev–Trinajstić information content (AvgIpc) is 2.47. The zero-order valence-electron chi connectivity index (χ0n) is 11.2. The molecule has 0 aliphatic rings. The van der Waals surface area contributed by atoms with Crippen molar-refractivity contribution in [3.8, 4) is 5.75 Å². The van der Waals surface area contributed by atoms with Gasteiger partial charge in [0.15, 0.2) is 0 Å². The first-order valence-electron chi connectivity index (χ1n) is 6.44. The van der Waals surface area contributed by atoms with Crippen molar-refractivity contribution in [3.05, 3.63) is 64.7 Å². The van der Waals surface area contributed by atoms with Crippen molar-refractivity contribution in [3.63, 3.8) is 0 Å². The minimum absolute atomic E-state index is 0.0931. The monoisotopic (exact) mass is 289 g/mol. The van der Waals surface area contributed by atoms with E-state index in [0.717, 1.165) is 5.56 Å². The number of hydrogen-bond acceptors (Lipinski definition) is 2. The largest absolute Gasteiger partial charge is 0.489 e. The highest BCUT2D eigenvalue weighted by Crippen LogP contribution is 2.16. The summed E-state index contributed by atoms with van der Waals surface area (Å²) in [5.41, 5.74) is 1.62. The van der Waals surface area contributed by atoms with Gasteiger partial charge in [0.25, 0.3) is 5.91 Å². The number of hydrogen-bond donors (Lipinski definition) is 1. The molecule has 0 fully saturated rings. The molecule has 0 aromatic heterocycles. The second-order valence-electron chi connectivity index (χ2n) is 4.30. The highest BCUT2D eigenvalue weighted by atomic mass is 35.5. The van der Waals surface area contributed by atoms with Gasteiger partial charge in [-0.3, -0.25) is 4.79 Å². The number of amides is 1. The lowest BCUT2D eigenvalue weighted by Gasteiger charge is -2.08. The lowest BCUT2D eigenvalue weighted by Crippen LogP contribution is -2.22. The fourth-order valence-electron chi connectivity index (χ4n) is 1.74. The van der Waals surface area contributed by atoms with Gasteiger partial charge in [-0.25, -0.2) is 0 Å². The van der Waals surface area contributed by atoms with Gasteiger partial charge in [-0.1, -0.05) is 29.8 Å². The van der Waals surface area contributed by atoms with E-state index in [0.29, 0.717) is 29.5 Å². The van der Waals surface area contributed by atoms with Crippen molar-refractivity contribution < 1.29 is 9.53 Å². The van der Waals surface area contributed by atoms with E-state index in [1.54, 1.807) is 12.1 Å². The van der Waals surface area contributed by atoms with Crippen molar-refractivity contribution in [2.24, 2.45) is 0 Å². The van der Waals surface area contributed by atoms with Crippen molar-refractivity contribution in [2.45, 2.75) is 13.5 Å². The maximum atomic E-state index is 11.7. The summed E-state index contributed by atoms with van der Waals surface area (Å²) in [6.07, 6.45) is 0. The van der Waals surface area contributed by atoms with Crippen LogP contribution in [0.5, 0.6) is 5.75 Å². The summed E-state index contributed by atoms with van der Waals surface area (Å²) in [6.45, 7) is 2.93. The molecule has 2 aromatic rings. The van der Waals surface area contributed by atoms with Crippen LogP contribution in [0.25, 0.3) is 0 Å². The maximum Gasteiger partial charge on any atom is 0.251 e. The zero-order valence-corrected chi connectivity index (χ0v) is 12.0. The first-order valence-corrected chi connectivity index (χ1v) is 6.82. The Labute approximate surface area is 123 Å². The SMILES string of the molecule is CCNC(=O)c1cccc(OCc2ccc(Cl)cc2)c1. The third-order valence-corrected chi connectivity index (χ3v) is 3.00. The van der Waals surface area contributed by atoms with Crippen molar-refractivity contribution in [1.29, 1.82) is 0 Å². The van der Waals surface area contributed by atoms with Crippen molar-refractivity contribution in [2.75, 3.05) is 6.54 Å². The highest BCUT2D eigenvalue weighted by molar-refractivity contribution is 6.30. The third kappa shape index (κ3) is 4.00.